The van der Waals surface area contributed by atoms with Crippen LogP contribution in [0.4, 0.5) is 0 Å². The van der Waals surface area contributed by atoms with E-state index in [9.17, 15) is 10.2 Å². The Balaban J connectivity index is 2.33. The Bertz CT molecular complexity index is 993. The summed E-state index contributed by atoms with van der Waals surface area (Å²) in [6.07, 6.45) is 5.90. The molecule has 3 heteroatoms. The van der Waals surface area contributed by atoms with Gasteiger partial charge in [-0.15, -0.1) is 9.24 Å². The molecule has 0 aliphatic rings. The molecule has 0 saturated heterocycles. The van der Waals surface area contributed by atoms with Crippen LogP contribution in [0.3, 0.4) is 0 Å². The van der Waals surface area contributed by atoms with E-state index in [-0.39, 0.29) is 0 Å². The summed E-state index contributed by atoms with van der Waals surface area (Å²) in [5, 5.41) is 22.2. The predicted octanol–water partition coefficient (Wildman–Crippen LogP) is 7.57. The standard InChI is InChI=1S/C29H37O2P/c1-5-7-12-22-16-20(3)18-25(27(22)30)29(32,24-14-10-9-11-15-24)26-19-21(4)17-23(28(26)31)13-8-6-2/h9-11,14-19,30-31H,5-8,12-13,32H2,1-4H3. The maximum atomic E-state index is 11.5. The van der Waals surface area contributed by atoms with E-state index in [4.69, 9.17) is 0 Å². The fraction of sp³-hybridized carbons (Fsp3) is 0.379. The van der Waals surface area contributed by atoms with Crippen LogP contribution in [-0.2, 0) is 18.0 Å². The second-order valence-corrected chi connectivity index (χ2v) is 9.89. The summed E-state index contributed by atoms with van der Waals surface area (Å²) >= 11 is 0. The number of aryl methyl sites for hydroxylation is 4. The van der Waals surface area contributed by atoms with E-state index >= 15 is 0 Å². The Morgan fingerprint density at radius 1 is 0.719 bits per heavy atom. The average molecular weight is 449 g/mol. The zero-order valence-electron chi connectivity index (χ0n) is 19.9. The van der Waals surface area contributed by atoms with Crippen LogP contribution in [0.15, 0.2) is 54.6 Å². The van der Waals surface area contributed by atoms with Gasteiger partial charge in [-0.1, -0.05) is 92.4 Å². The topological polar surface area (TPSA) is 40.5 Å². The molecule has 0 aliphatic carbocycles. The van der Waals surface area contributed by atoms with Gasteiger partial charge in [0.05, 0.1) is 5.16 Å². The Labute approximate surface area is 195 Å². The van der Waals surface area contributed by atoms with Crippen molar-refractivity contribution in [1.82, 2.24) is 0 Å². The summed E-state index contributed by atoms with van der Waals surface area (Å²) in [6.45, 7) is 8.50. The minimum atomic E-state index is -0.768. The zero-order chi connectivity index (χ0) is 23.3. The van der Waals surface area contributed by atoms with E-state index in [2.05, 4.69) is 73.3 Å². The lowest BCUT2D eigenvalue weighted by Crippen LogP contribution is -2.23. The molecule has 3 aromatic carbocycles. The maximum Gasteiger partial charge on any atom is 0.123 e. The van der Waals surface area contributed by atoms with Crippen molar-refractivity contribution in [2.24, 2.45) is 0 Å². The number of unbranched alkanes of at least 4 members (excludes halogenated alkanes) is 2. The van der Waals surface area contributed by atoms with Gasteiger partial charge in [-0.05, 0) is 56.2 Å². The van der Waals surface area contributed by atoms with Crippen LogP contribution in [0.2, 0.25) is 0 Å². The summed E-state index contributed by atoms with van der Waals surface area (Å²) in [6, 6.07) is 18.5. The Kier molecular flexibility index (Phi) is 8.01. The molecular formula is C29H37O2P. The van der Waals surface area contributed by atoms with Gasteiger partial charge < -0.3 is 10.2 Å². The Hall–Kier alpha value is -2.31. The minimum Gasteiger partial charge on any atom is -0.507 e. The molecule has 0 bridgehead atoms. The molecule has 0 aromatic heterocycles. The predicted molar refractivity (Wildman–Crippen MR) is 139 cm³/mol. The molecule has 3 rings (SSSR count). The van der Waals surface area contributed by atoms with Crippen LogP contribution in [0.1, 0.15) is 78.5 Å². The molecule has 1 atom stereocenters. The summed E-state index contributed by atoms with van der Waals surface area (Å²) in [7, 11) is 2.99. The fourth-order valence-corrected chi connectivity index (χ4v) is 5.21. The molecule has 0 radical (unpaired) electrons. The molecule has 2 N–H and O–H groups in total. The quantitative estimate of drug-likeness (QED) is 0.262. The first-order valence-electron chi connectivity index (χ1n) is 11.8. The van der Waals surface area contributed by atoms with Crippen molar-refractivity contribution in [2.75, 3.05) is 0 Å². The van der Waals surface area contributed by atoms with Gasteiger partial charge >= 0.3 is 0 Å². The summed E-state index contributed by atoms with van der Waals surface area (Å²) in [5.74, 6) is 0.665. The molecule has 0 amide bonds. The Morgan fingerprint density at radius 2 is 1.16 bits per heavy atom. The van der Waals surface area contributed by atoms with E-state index in [1.165, 1.54) is 0 Å². The highest BCUT2D eigenvalue weighted by Crippen LogP contribution is 2.52. The van der Waals surface area contributed by atoms with E-state index in [0.717, 1.165) is 77.5 Å². The van der Waals surface area contributed by atoms with Crippen molar-refractivity contribution < 1.29 is 10.2 Å². The van der Waals surface area contributed by atoms with Crippen LogP contribution in [0.25, 0.3) is 0 Å². The molecule has 3 aromatic rings. The molecule has 0 heterocycles. The highest BCUT2D eigenvalue weighted by Gasteiger charge is 2.37. The molecule has 170 valence electrons. The lowest BCUT2D eigenvalue weighted by Gasteiger charge is -2.34. The third-order valence-corrected chi connectivity index (χ3v) is 7.30. The van der Waals surface area contributed by atoms with Crippen molar-refractivity contribution >= 4 is 9.24 Å². The lowest BCUT2D eigenvalue weighted by atomic mass is 9.79. The van der Waals surface area contributed by atoms with Crippen molar-refractivity contribution in [3.8, 4) is 11.5 Å². The number of hydrogen-bond acceptors (Lipinski definition) is 2. The smallest absolute Gasteiger partial charge is 0.123 e. The molecule has 0 saturated carbocycles. The van der Waals surface area contributed by atoms with Crippen LogP contribution in [0.5, 0.6) is 11.5 Å². The Morgan fingerprint density at radius 3 is 1.56 bits per heavy atom. The zero-order valence-corrected chi connectivity index (χ0v) is 21.1. The van der Waals surface area contributed by atoms with E-state index in [1.807, 2.05) is 18.2 Å². The van der Waals surface area contributed by atoms with Crippen molar-refractivity contribution in [2.45, 2.75) is 71.4 Å². The van der Waals surface area contributed by atoms with Crippen molar-refractivity contribution in [3.63, 3.8) is 0 Å². The molecule has 0 fully saturated rings. The second-order valence-electron chi connectivity index (χ2n) is 9.02. The number of hydrogen-bond donors (Lipinski definition) is 2. The first kappa shape index (κ1) is 24.3. The van der Waals surface area contributed by atoms with Gasteiger partial charge in [0.15, 0.2) is 0 Å². The first-order chi connectivity index (χ1) is 15.3. The summed E-state index contributed by atoms with van der Waals surface area (Å²) in [4.78, 5) is 0. The number of phenols is 2. The van der Waals surface area contributed by atoms with Gasteiger partial charge in [-0.3, -0.25) is 0 Å². The van der Waals surface area contributed by atoms with Gasteiger partial charge in [0.1, 0.15) is 11.5 Å². The highest BCUT2D eigenvalue weighted by molar-refractivity contribution is 7.19. The van der Waals surface area contributed by atoms with Crippen molar-refractivity contribution in [3.05, 3.63) is 93.5 Å². The second kappa shape index (κ2) is 10.5. The van der Waals surface area contributed by atoms with Gasteiger partial charge in [-0.2, -0.15) is 0 Å². The third kappa shape index (κ3) is 4.86. The summed E-state index contributed by atoms with van der Waals surface area (Å²) < 4.78 is 0. The molecule has 1 unspecified atom stereocenters. The van der Waals surface area contributed by atoms with Gasteiger partial charge in [-0.25, -0.2) is 0 Å². The van der Waals surface area contributed by atoms with E-state index < -0.39 is 5.16 Å². The largest absolute Gasteiger partial charge is 0.507 e. The van der Waals surface area contributed by atoms with Gasteiger partial charge in [0.2, 0.25) is 0 Å². The van der Waals surface area contributed by atoms with Crippen LogP contribution >= 0.6 is 9.24 Å². The number of phenolic OH excluding ortho intramolecular Hbond substituents is 2. The molecule has 2 nitrogen and oxygen atoms in total. The van der Waals surface area contributed by atoms with Crippen LogP contribution in [0, 0.1) is 13.8 Å². The van der Waals surface area contributed by atoms with Crippen LogP contribution < -0.4 is 0 Å². The summed E-state index contributed by atoms with van der Waals surface area (Å²) in [5.41, 5.74) is 6.85. The molecule has 0 spiro atoms. The monoisotopic (exact) mass is 448 g/mol. The SMILES string of the molecule is CCCCc1cc(C)cc(C(P)(c2ccccc2)c2cc(C)cc(CCCC)c2O)c1O. The number of aromatic hydroxyl groups is 2. The van der Waals surface area contributed by atoms with Gasteiger partial charge in [0, 0.05) is 11.1 Å². The van der Waals surface area contributed by atoms with Crippen molar-refractivity contribution in [1.29, 1.82) is 0 Å². The molecule has 32 heavy (non-hydrogen) atoms. The maximum absolute atomic E-state index is 11.5. The number of rotatable bonds is 9. The van der Waals surface area contributed by atoms with E-state index in [0.29, 0.717) is 11.5 Å². The molecular weight excluding hydrogens is 411 g/mol. The van der Waals surface area contributed by atoms with Crippen LogP contribution in [-0.4, -0.2) is 10.2 Å². The lowest BCUT2D eigenvalue weighted by molar-refractivity contribution is 0.446. The van der Waals surface area contributed by atoms with Gasteiger partial charge in [0.25, 0.3) is 0 Å². The highest BCUT2D eigenvalue weighted by atomic mass is 31.0. The van der Waals surface area contributed by atoms with E-state index in [1.54, 1.807) is 0 Å². The minimum absolute atomic E-state index is 0.332. The fourth-order valence-electron chi connectivity index (χ4n) is 4.58. The molecule has 0 aliphatic heterocycles. The normalized spacial score (nSPS) is 11.7. The first-order valence-corrected chi connectivity index (χ1v) is 12.4. The number of benzene rings is 3. The third-order valence-electron chi connectivity index (χ3n) is 6.34. The average Bonchev–Trinajstić information content (AvgIpc) is 2.79.